The van der Waals surface area contributed by atoms with E-state index in [1.807, 2.05) is 20.1 Å². The molecular weight excluding hydrogens is 304 g/mol. The second-order valence-corrected chi connectivity index (χ2v) is 6.81. The van der Waals surface area contributed by atoms with Crippen LogP contribution < -0.4 is 10.5 Å². The average molecular weight is 316 g/mol. The summed E-state index contributed by atoms with van der Waals surface area (Å²) in [5, 5.41) is 8.48. The van der Waals surface area contributed by atoms with E-state index >= 15 is 0 Å². The number of thioether (sulfide) groups is 1. The molecule has 0 aliphatic rings. The number of hydrogen-bond acceptors (Lipinski definition) is 10. The molecule has 0 bridgehead atoms. The molecule has 0 amide bonds. The van der Waals surface area contributed by atoms with Crippen molar-refractivity contribution >= 4 is 40.8 Å². The molecule has 0 fully saturated rings. The van der Waals surface area contributed by atoms with Crippen LogP contribution in [0.1, 0.15) is 13.8 Å². The van der Waals surface area contributed by atoms with Gasteiger partial charge in [-0.25, -0.2) is 0 Å². The highest BCUT2D eigenvalue weighted by Crippen LogP contribution is 2.31. The van der Waals surface area contributed by atoms with Crippen molar-refractivity contribution in [1.29, 1.82) is 0 Å². The molecule has 0 spiro atoms. The van der Waals surface area contributed by atoms with E-state index in [0.29, 0.717) is 5.16 Å². The monoisotopic (exact) mass is 316 g/mol. The van der Waals surface area contributed by atoms with Crippen molar-refractivity contribution < 1.29 is 4.74 Å². The average Bonchev–Trinajstić information content (AvgIpc) is 2.74. The molecule has 7 nitrogen and oxygen atoms in total. The van der Waals surface area contributed by atoms with E-state index in [1.165, 1.54) is 23.1 Å². The molecule has 10 heteroatoms. The summed E-state index contributed by atoms with van der Waals surface area (Å²) < 4.78 is 7.05. The molecule has 0 unspecified atom stereocenters. The normalized spacial score (nSPS) is 10.9. The molecule has 102 valence electrons. The van der Waals surface area contributed by atoms with Crippen LogP contribution in [-0.4, -0.2) is 37.5 Å². The van der Waals surface area contributed by atoms with Gasteiger partial charge in [0.25, 0.3) is 0 Å². The molecule has 2 rings (SSSR count). The molecule has 0 aliphatic heterocycles. The number of aromatic nitrogens is 5. The summed E-state index contributed by atoms with van der Waals surface area (Å²) in [7, 11) is 0. The Morgan fingerprint density at radius 2 is 1.89 bits per heavy atom. The molecule has 0 saturated carbocycles. The van der Waals surface area contributed by atoms with Gasteiger partial charge < -0.3 is 10.5 Å². The second kappa shape index (κ2) is 6.35. The van der Waals surface area contributed by atoms with Gasteiger partial charge >= 0.3 is 6.01 Å². The highest BCUT2D eigenvalue weighted by molar-refractivity contribution is 8.02. The predicted molar refractivity (Wildman–Crippen MR) is 75.8 cm³/mol. The first-order chi connectivity index (χ1) is 9.06. The maximum absolute atomic E-state index is 5.63. The topological polar surface area (TPSA) is 99.7 Å². The standard InChI is InChI=1S/C9H12N6OS3/c1-4(2)16-6-11-5(10)12-7(13-6)18-9-15-14-8(17-3)19-9/h4H,1-3H3,(H2,10,11,12,13). The van der Waals surface area contributed by atoms with Crippen molar-refractivity contribution in [2.45, 2.75) is 33.8 Å². The van der Waals surface area contributed by atoms with Gasteiger partial charge in [-0.3, -0.25) is 0 Å². The van der Waals surface area contributed by atoms with Crippen LogP contribution in [0, 0.1) is 0 Å². The maximum atomic E-state index is 5.63. The van der Waals surface area contributed by atoms with Gasteiger partial charge in [0.1, 0.15) is 0 Å². The number of nitrogens with two attached hydrogens (primary N) is 1. The zero-order valence-corrected chi connectivity index (χ0v) is 13.0. The van der Waals surface area contributed by atoms with Gasteiger partial charge in [0, 0.05) is 0 Å². The van der Waals surface area contributed by atoms with Crippen LogP contribution in [0.4, 0.5) is 5.95 Å². The molecule has 0 aliphatic carbocycles. The van der Waals surface area contributed by atoms with Crippen LogP contribution in [0.25, 0.3) is 0 Å². The minimum Gasteiger partial charge on any atom is -0.461 e. The predicted octanol–water partition coefficient (Wildman–Crippen LogP) is 1.97. The Hall–Kier alpha value is -1.13. The molecule has 2 heterocycles. The van der Waals surface area contributed by atoms with Crippen molar-refractivity contribution in [2.24, 2.45) is 0 Å². The molecule has 2 N–H and O–H groups in total. The third kappa shape index (κ3) is 4.18. The Labute approximate surface area is 122 Å². The van der Waals surface area contributed by atoms with Gasteiger partial charge in [0.2, 0.25) is 11.1 Å². The van der Waals surface area contributed by atoms with Gasteiger partial charge in [0.05, 0.1) is 6.10 Å². The van der Waals surface area contributed by atoms with E-state index in [9.17, 15) is 0 Å². The van der Waals surface area contributed by atoms with Crippen molar-refractivity contribution in [1.82, 2.24) is 25.1 Å². The van der Waals surface area contributed by atoms with Crippen molar-refractivity contribution in [2.75, 3.05) is 12.0 Å². The number of rotatable bonds is 5. The lowest BCUT2D eigenvalue weighted by Gasteiger charge is -2.07. The summed E-state index contributed by atoms with van der Waals surface area (Å²) >= 11 is 4.31. The molecular formula is C9H12N6OS3. The minimum absolute atomic E-state index is 0.0238. The number of nitrogens with zero attached hydrogens (tertiary/aromatic N) is 5. The summed E-state index contributed by atoms with van der Waals surface area (Å²) in [6, 6.07) is 0.222. The zero-order chi connectivity index (χ0) is 13.8. The zero-order valence-electron chi connectivity index (χ0n) is 10.5. The van der Waals surface area contributed by atoms with Gasteiger partial charge in [-0.1, -0.05) is 23.1 Å². The van der Waals surface area contributed by atoms with Crippen LogP contribution in [-0.2, 0) is 0 Å². The molecule has 0 aromatic carbocycles. The Morgan fingerprint density at radius 3 is 2.53 bits per heavy atom. The van der Waals surface area contributed by atoms with Gasteiger partial charge in [-0.05, 0) is 31.9 Å². The van der Waals surface area contributed by atoms with E-state index in [0.717, 1.165) is 8.68 Å². The minimum atomic E-state index is -0.0238. The molecule has 19 heavy (non-hydrogen) atoms. The van der Waals surface area contributed by atoms with Crippen LogP contribution in [0.5, 0.6) is 6.01 Å². The third-order valence-corrected chi connectivity index (χ3v) is 4.51. The fourth-order valence-electron chi connectivity index (χ4n) is 1.06. The van der Waals surface area contributed by atoms with Crippen LogP contribution in [0.15, 0.2) is 13.8 Å². The van der Waals surface area contributed by atoms with Gasteiger partial charge in [-0.15, -0.1) is 10.2 Å². The fraction of sp³-hybridized carbons (Fsp3) is 0.444. The highest BCUT2D eigenvalue weighted by Gasteiger charge is 2.11. The van der Waals surface area contributed by atoms with Crippen molar-refractivity contribution in [3.8, 4) is 6.01 Å². The van der Waals surface area contributed by atoms with E-state index in [-0.39, 0.29) is 18.1 Å². The fourth-order valence-corrected chi connectivity index (χ4v) is 3.35. The lowest BCUT2D eigenvalue weighted by atomic mass is 10.5. The first-order valence-electron chi connectivity index (χ1n) is 5.30. The molecule has 0 atom stereocenters. The lowest BCUT2D eigenvalue weighted by Crippen LogP contribution is -2.10. The first-order valence-corrected chi connectivity index (χ1v) is 8.16. The van der Waals surface area contributed by atoms with Gasteiger partial charge in [-0.2, -0.15) is 15.0 Å². The first kappa shape index (κ1) is 14.3. The quantitative estimate of drug-likeness (QED) is 0.829. The molecule has 0 saturated heterocycles. The lowest BCUT2D eigenvalue weighted by molar-refractivity contribution is 0.219. The summed E-state index contributed by atoms with van der Waals surface area (Å²) in [6.07, 6.45) is 1.93. The summed E-state index contributed by atoms with van der Waals surface area (Å²) in [5.74, 6) is 0.128. The van der Waals surface area contributed by atoms with E-state index in [1.54, 1.807) is 11.8 Å². The SMILES string of the molecule is CSc1nnc(Sc2nc(N)nc(OC(C)C)n2)s1. The highest BCUT2D eigenvalue weighted by atomic mass is 32.2. The number of anilines is 1. The Bertz CT molecular complexity index is 561. The van der Waals surface area contributed by atoms with E-state index in [2.05, 4.69) is 25.1 Å². The number of ether oxygens (including phenoxy) is 1. The van der Waals surface area contributed by atoms with Crippen molar-refractivity contribution in [3.63, 3.8) is 0 Å². The Morgan fingerprint density at radius 1 is 1.16 bits per heavy atom. The van der Waals surface area contributed by atoms with Gasteiger partial charge in [0.15, 0.2) is 8.68 Å². The number of hydrogen-bond donors (Lipinski definition) is 1. The number of nitrogen functional groups attached to an aromatic ring is 1. The third-order valence-electron chi connectivity index (χ3n) is 1.69. The Balaban J connectivity index is 2.17. The summed E-state index contributed by atoms with van der Waals surface area (Å²) in [5.41, 5.74) is 5.63. The molecule has 2 aromatic heterocycles. The van der Waals surface area contributed by atoms with Crippen LogP contribution >= 0.6 is 34.9 Å². The maximum Gasteiger partial charge on any atom is 0.322 e. The Kier molecular flexibility index (Phi) is 4.77. The van der Waals surface area contributed by atoms with Crippen molar-refractivity contribution in [3.05, 3.63) is 0 Å². The van der Waals surface area contributed by atoms with E-state index < -0.39 is 0 Å². The van der Waals surface area contributed by atoms with Crippen LogP contribution in [0.2, 0.25) is 0 Å². The largest absolute Gasteiger partial charge is 0.461 e. The van der Waals surface area contributed by atoms with E-state index in [4.69, 9.17) is 10.5 Å². The summed E-state index contributed by atoms with van der Waals surface area (Å²) in [4.78, 5) is 12.1. The molecule has 2 aromatic rings. The summed E-state index contributed by atoms with van der Waals surface area (Å²) in [6.45, 7) is 3.78. The van der Waals surface area contributed by atoms with Crippen LogP contribution in [0.3, 0.4) is 0 Å². The smallest absolute Gasteiger partial charge is 0.322 e. The second-order valence-electron chi connectivity index (χ2n) is 3.57. The molecule has 0 radical (unpaired) electrons.